The van der Waals surface area contributed by atoms with Gasteiger partial charge in [0, 0.05) is 43.6 Å². The number of fused-ring (bicyclic) bond motifs is 2. The number of nitrogens with zero attached hydrogens (tertiary/aromatic N) is 3. The Morgan fingerprint density at radius 3 is 1.58 bits per heavy atom. The normalized spacial score (nSPS) is 13.8. The molecule has 230 valence electrons. The van der Waals surface area contributed by atoms with Crippen molar-refractivity contribution >= 4 is 35.3 Å². The molecule has 0 unspecified atom stereocenters. The Kier molecular flexibility index (Phi) is 14.8. The van der Waals surface area contributed by atoms with Gasteiger partial charge in [-0.05, 0) is 50.2 Å². The van der Waals surface area contributed by atoms with Gasteiger partial charge < -0.3 is 42.2 Å². The van der Waals surface area contributed by atoms with E-state index in [2.05, 4.69) is 9.98 Å². The highest BCUT2D eigenvalue weighted by molar-refractivity contribution is 6.27. The first kappa shape index (κ1) is 35.4. The maximum Gasteiger partial charge on any atom is 0.328 e. The van der Waals surface area contributed by atoms with Crippen LogP contribution >= 0.6 is 0 Å². The van der Waals surface area contributed by atoms with E-state index in [4.69, 9.17) is 31.9 Å². The maximum atomic E-state index is 13.1. The fourth-order valence-electron chi connectivity index (χ4n) is 3.35. The summed E-state index contributed by atoms with van der Waals surface area (Å²) < 4.78 is 0.743. The van der Waals surface area contributed by atoms with Crippen LogP contribution in [0.2, 0.25) is 0 Å². The number of nitrogens with two attached hydrogens (primary N) is 2. The molecular weight excluding hydrogens is 570 g/mol. The van der Waals surface area contributed by atoms with E-state index in [9.17, 15) is 34.3 Å². The van der Waals surface area contributed by atoms with Gasteiger partial charge in [-0.2, -0.15) is 4.73 Å². The monoisotopic (exact) mass is 601 g/mol. The third kappa shape index (κ3) is 11.4. The van der Waals surface area contributed by atoms with Crippen molar-refractivity contribution < 1.29 is 49.9 Å². The van der Waals surface area contributed by atoms with Crippen molar-refractivity contribution in [2.24, 2.45) is 21.5 Å². The molecule has 0 aromatic carbocycles. The average Bonchev–Trinajstić information content (AvgIpc) is 2.95. The third-order valence-corrected chi connectivity index (χ3v) is 5.09. The smallest absolute Gasteiger partial charge is 0.328 e. The lowest BCUT2D eigenvalue weighted by Crippen LogP contribution is -2.27. The van der Waals surface area contributed by atoms with Crippen molar-refractivity contribution in [1.82, 2.24) is 4.73 Å². The van der Waals surface area contributed by atoms with Gasteiger partial charge in [0.25, 0.3) is 0 Å². The van der Waals surface area contributed by atoms with Crippen molar-refractivity contribution in [3.05, 3.63) is 76.1 Å². The summed E-state index contributed by atoms with van der Waals surface area (Å²) >= 11 is 0. The van der Waals surface area contributed by atoms with Gasteiger partial charge in [0.2, 0.25) is 0 Å². The number of aromatic hydroxyl groups is 1. The van der Waals surface area contributed by atoms with Gasteiger partial charge in [-0.1, -0.05) is 0 Å². The van der Waals surface area contributed by atoms with E-state index in [1.165, 1.54) is 12.3 Å². The van der Waals surface area contributed by atoms with Crippen LogP contribution in [-0.2, 0) is 19.2 Å². The van der Waals surface area contributed by atoms with Crippen LogP contribution in [0.25, 0.3) is 11.3 Å². The number of allylic oxidation sites excluding steroid dienone is 2. The molecular formula is C27H31N5O11. The lowest BCUT2D eigenvalue weighted by Gasteiger charge is -2.21. The number of carbonyl (C=O) groups is 4. The van der Waals surface area contributed by atoms with Crippen molar-refractivity contribution in [2.75, 3.05) is 26.2 Å². The van der Waals surface area contributed by atoms with Crippen LogP contribution in [0.15, 0.2) is 69.6 Å². The fourth-order valence-corrected chi connectivity index (χ4v) is 3.35. The van der Waals surface area contributed by atoms with Gasteiger partial charge in [-0.25, -0.2) is 19.2 Å². The Morgan fingerprint density at radius 1 is 0.767 bits per heavy atom. The van der Waals surface area contributed by atoms with Gasteiger partial charge in [0.1, 0.15) is 5.69 Å². The first-order valence-corrected chi connectivity index (χ1v) is 12.4. The highest BCUT2D eigenvalue weighted by Gasteiger charge is 2.30. The van der Waals surface area contributed by atoms with Crippen molar-refractivity contribution in [3.8, 4) is 17.0 Å². The summed E-state index contributed by atoms with van der Waals surface area (Å²) in [6.45, 7) is 1.93. The number of rotatable bonds is 10. The highest BCUT2D eigenvalue weighted by atomic mass is 16.5. The van der Waals surface area contributed by atoms with E-state index in [-0.39, 0.29) is 33.6 Å². The van der Waals surface area contributed by atoms with Crippen molar-refractivity contribution in [1.29, 1.82) is 0 Å². The molecule has 3 aliphatic rings. The summed E-state index contributed by atoms with van der Waals surface area (Å²) in [5, 5.41) is 52.2. The van der Waals surface area contributed by atoms with Crippen LogP contribution in [0.4, 0.5) is 0 Å². The molecule has 1 aliphatic heterocycles. The minimum atomic E-state index is -1.26. The summed E-state index contributed by atoms with van der Waals surface area (Å²) in [6.07, 6.45) is 8.40. The number of aliphatic carboxylic acids is 4. The Morgan fingerprint density at radius 2 is 1.19 bits per heavy atom. The van der Waals surface area contributed by atoms with Crippen LogP contribution in [0.1, 0.15) is 24.0 Å². The number of carboxylic acids is 4. The number of phenols is 1. The van der Waals surface area contributed by atoms with E-state index in [1.54, 1.807) is 18.2 Å². The van der Waals surface area contributed by atoms with Gasteiger partial charge >= 0.3 is 23.9 Å². The number of hydrogen-bond acceptors (Lipinski definition) is 11. The molecule has 43 heavy (non-hydrogen) atoms. The van der Waals surface area contributed by atoms with Crippen molar-refractivity contribution in [2.45, 2.75) is 12.8 Å². The van der Waals surface area contributed by atoms with E-state index in [0.717, 1.165) is 4.73 Å². The Labute approximate surface area is 243 Å². The number of aromatic nitrogens is 1. The van der Waals surface area contributed by atoms with E-state index in [1.807, 2.05) is 0 Å². The average molecular weight is 602 g/mol. The second-order valence-corrected chi connectivity index (χ2v) is 8.21. The SMILES string of the molecule is NCCCN=C1C=CC(=NCCCN)c2c1c(O)c1n(O)cccc-1c2=O.O=C(O)/C=C\C(=O)O.O=C(O)/C=C\C(=O)O. The predicted molar refractivity (Wildman–Crippen MR) is 154 cm³/mol. The molecule has 0 bridgehead atoms. The molecule has 0 aromatic rings. The van der Waals surface area contributed by atoms with E-state index >= 15 is 0 Å². The maximum absolute atomic E-state index is 13.1. The molecule has 10 N–H and O–H groups in total. The molecule has 0 spiro atoms. The molecule has 0 fully saturated rings. The number of hydrogen-bond donors (Lipinski definition) is 8. The van der Waals surface area contributed by atoms with E-state index < -0.39 is 23.9 Å². The highest BCUT2D eigenvalue weighted by Crippen LogP contribution is 2.35. The number of benzene rings is 1. The van der Waals surface area contributed by atoms with Gasteiger partial charge in [0.05, 0.1) is 28.1 Å². The third-order valence-electron chi connectivity index (χ3n) is 5.09. The van der Waals surface area contributed by atoms with Crippen molar-refractivity contribution in [3.63, 3.8) is 0 Å². The number of pyridine rings is 1. The quantitative estimate of drug-likeness (QED) is 0.102. The Balaban J connectivity index is 0.000000476. The minimum absolute atomic E-state index is 0.0457. The van der Waals surface area contributed by atoms with E-state index in [0.29, 0.717) is 74.7 Å². The minimum Gasteiger partial charge on any atom is -0.505 e. The molecule has 0 atom stereocenters. The molecule has 0 saturated heterocycles. The summed E-state index contributed by atoms with van der Waals surface area (Å²) in [5.74, 6) is -5.23. The molecule has 2 aliphatic carbocycles. The molecule has 0 radical (unpaired) electrons. The standard InChI is InChI=1S/C19H23N5O3.2C4H4O4/c20-7-2-9-22-13-5-6-14(23-10-3-8-21)16-15(13)18(25)12-4-1-11-24(27)17(12)19(16)26;2*5-3(6)1-2-4(7)8/h1,4-6,11,26-27H,2-3,7-10,20-21H2;2*1-2H,(H,5,6)(H,7,8)/b;2*2-1-. The molecule has 0 amide bonds. The number of aliphatic imine (C=N–C) groups is 2. The molecule has 0 saturated carbocycles. The molecule has 16 heteroatoms. The molecule has 16 nitrogen and oxygen atoms in total. The second-order valence-electron chi connectivity index (χ2n) is 8.21. The molecule has 3 rings (SSSR count). The van der Waals surface area contributed by atoms with Crippen LogP contribution < -0.4 is 16.9 Å². The Bertz CT molecular complexity index is 1440. The Hall–Kier alpha value is -5.61. The summed E-state index contributed by atoms with van der Waals surface area (Å²) in [5.41, 5.74) is 12.5. The zero-order valence-electron chi connectivity index (χ0n) is 22.7. The lowest BCUT2D eigenvalue weighted by atomic mass is 9.88. The first-order valence-electron chi connectivity index (χ1n) is 12.4. The zero-order valence-corrected chi connectivity index (χ0v) is 22.7. The second kappa shape index (κ2) is 17.9. The summed E-state index contributed by atoms with van der Waals surface area (Å²) in [7, 11) is 0. The van der Waals surface area contributed by atoms with Gasteiger partial charge in [0.15, 0.2) is 11.2 Å². The number of phenolic OH excluding ortho intramolecular Hbond substituents is 1. The van der Waals surface area contributed by atoms with Crippen LogP contribution in [-0.4, -0.2) is 96.9 Å². The molecule has 1 heterocycles. The lowest BCUT2D eigenvalue weighted by molar-refractivity contribution is -0.134. The predicted octanol–water partition coefficient (Wildman–Crippen LogP) is 0.165. The number of carboxylic acid groups (broad SMARTS) is 4. The van der Waals surface area contributed by atoms with Crippen LogP contribution in [0.3, 0.4) is 0 Å². The first-order chi connectivity index (χ1) is 20.3. The zero-order chi connectivity index (χ0) is 32.5. The molecule has 0 aromatic heterocycles. The van der Waals surface area contributed by atoms with Crippen LogP contribution in [0, 0.1) is 0 Å². The fraction of sp³-hybridized carbons (Fsp3) is 0.222. The topological polar surface area (TPSA) is 288 Å². The van der Waals surface area contributed by atoms with Gasteiger partial charge in [-0.15, -0.1) is 0 Å². The summed E-state index contributed by atoms with van der Waals surface area (Å²) in [4.78, 5) is 60.3. The summed E-state index contributed by atoms with van der Waals surface area (Å²) in [6, 6.07) is 3.10. The van der Waals surface area contributed by atoms with Crippen LogP contribution in [0.5, 0.6) is 5.75 Å². The van der Waals surface area contributed by atoms with Gasteiger partial charge in [-0.3, -0.25) is 14.8 Å². The largest absolute Gasteiger partial charge is 0.505 e.